The van der Waals surface area contributed by atoms with Crippen molar-refractivity contribution < 1.29 is 19.1 Å². The third-order valence-corrected chi connectivity index (χ3v) is 6.00. The van der Waals surface area contributed by atoms with E-state index in [1.165, 1.54) is 5.56 Å². The van der Waals surface area contributed by atoms with Crippen molar-refractivity contribution in [3.8, 4) is 11.5 Å². The van der Waals surface area contributed by atoms with Gasteiger partial charge in [-0.2, -0.15) is 0 Å². The molecule has 3 aliphatic heterocycles. The zero-order valence-electron chi connectivity index (χ0n) is 16.9. The summed E-state index contributed by atoms with van der Waals surface area (Å²) < 4.78 is 10.8. The van der Waals surface area contributed by atoms with E-state index in [0.29, 0.717) is 25.1 Å². The fraction of sp³-hybridized carbons (Fsp3) is 0.391. The Morgan fingerprint density at radius 1 is 0.900 bits per heavy atom. The lowest BCUT2D eigenvalue weighted by atomic mass is 10.1. The Labute approximate surface area is 175 Å². The molecule has 2 aromatic rings. The number of rotatable bonds is 4. The molecule has 2 amide bonds. The van der Waals surface area contributed by atoms with E-state index in [-0.39, 0.29) is 18.6 Å². The Kier molecular flexibility index (Phi) is 5.04. The summed E-state index contributed by atoms with van der Waals surface area (Å²) in [5.74, 6) is 1.82. The van der Waals surface area contributed by atoms with Crippen molar-refractivity contribution in [2.45, 2.75) is 19.4 Å². The van der Waals surface area contributed by atoms with Crippen LogP contribution in [0.3, 0.4) is 0 Å². The molecule has 5 rings (SSSR count). The predicted molar refractivity (Wildman–Crippen MR) is 112 cm³/mol. The minimum Gasteiger partial charge on any atom is -0.454 e. The van der Waals surface area contributed by atoms with Gasteiger partial charge in [-0.15, -0.1) is 0 Å². The third kappa shape index (κ3) is 3.73. The van der Waals surface area contributed by atoms with Gasteiger partial charge < -0.3 is 19.3 Å². The first-order chi connectivity index (χ1) is 14.7. The third-order valence-electron chi connectivity index (χ3n) is 6.00. The Balaban J connectivity index is 1.16. The Hall–Kier alpha value is -3.06. The average Bonchev–Trinajstić information content (AvgIpc) is 3.42. The molecule has 2 fully saturated rings. The molecule has 0 bridgehead atoms. The van der Waals surface area contributed by atoms with Gasteiger partial charge in [0.1, 0.15) is 0 Å². The van der Waals surface area contributed by atoms with Gasteiger partial charge in [-0.05, 0) is 48.4 Å². The summed E-state index contributed by atoms with van der Waals surface area (Å²) in [6, 6.07) is 13.5. The first-order valence-corrected chi connectivity index (χ1v) is 10.5. The van der Waals surface area contributed by atoms with E-state index < -0.39 is 0 Å². The molecular formula is C23H25N3O4. The zero-order valence-corrected chi connectivity index (χ0v) is 16.9. The molecule has 30 heavy (non-hydrogen) atoms. The van der Waals surface area contributed by atoms with Gasteiger partial charge in [-0.3, -0.25) is 14.5 Å². The van der Waals surface area contributed by atoms with Crippen molar-refractivity contribution in [1.82, 2.24) is 9.80 Å². The molecule has 0 atom stereocenters. The van der Waals surface area contributed by atoms with Crippen LogP contribution in [0.25, 0.3) is 0 Å². The molecule has 7 nitrogen and oxygen atoms in total. The van der Waals surface area contributed by atoms with Crippen molar-refractivity contribution >= 4 is 17.5 Å². The summed E-state index contributed by atoms with van der Waals surface area (Å²) in [4.78, 5) is 30.8. The number of benzene rings is 2. The van der Waals surface area contributed by atoms with E-state index in [9.17, 15) is 9.59 Å². The molecule has 0 unspecified atom stereocenters. The van der Waals surface area contributed by atoms with Crippen LogP contribution in [0.1, 0.15) is 28.8 Å². The molecule has 0 spiro atoms. The number of anilines is 1. The van der Waals surface area contributed by atoms with Gasteiger partial charge in [-0.25, -0.2) is 0 Å². The number of piperazine rings is 1. The van der Waals surface area contributed by atoms with E-state index in [1.54, 1.807) is 4.90 Å². The number of carbonyl (C=O) groups is 2. The van der Waals surface area contributed by atoms with Crippen LogP contribution in [-0.4, -0.2) is 61.1 Å². The van der Waals surface area contributed by atoms with E-state index in [2.05, 4.69) is 11.0 Å². The molecule has 7 heteroatoms. The number of hydrogen-bond acceptors (Lipinski definition) is 5. The fourth-order valence-electron chi connectivity index (χ4n) is 4.29. The molecule has 0 aliphatic carbocycles. The van der Waals surface area contributed by atoms with Gasteiger partial charge in [-0.1, -0.05) is 6.07 Å². The predicted octanol–water partition coefficient (Wildman–Crippen LogP) is 2.50. The van der Waals surface area contributed by atoms with Crippen LogP contribution in [-0.2, 0) is 11.3 Å². The quantitative estimate of drug-likeness (QED) is 0.779. The Morgan fingerprint density at radius 3 is 2.40 bits per heavy atom. The normalized spacial score (nSPS) is 18.9. The van der Waals surface area contributed by atoms with Crippen LogP contribution in [0, 0.1) is 0 Å². The van der Waals surface area contributed by atoms with Crippen molar-refractivity contribution in [2.75, 3.05) is 44.4 Å². The first kappa shape index (κ1) is 18.9. The molecule has 0 aromatic heterocycles. The Morgan fingerprint density at radius 2 is 1.67 bits per heavy atom. The van der Waals surface area contributed by atoms with Gasteiger partial charge in [0.25, 0.3) is 5.91 Å². The van der Waals surface area contributed by atoms with Crippen molar-refractivity contribution in [3.63, 3.8) is 0 Å². The van der Waals surface area contributed by atoms with Crippen LogP contribution in [0.15, 0.2) is 42.5 Å². The van der Waals surface area contributed by atoms with E-state index in [0.717, 1.165) is 49.8 Å². The summed E-state index contributed by atoms with van der Waals surface area (Å²) in [5.41, 5.74) is 2.74. The molecule has 156 valence electrons. The summed E-state index contributed by atoms with van der Waals surface area (Å²) in [6.07, 6.45) is 1.51. The minimum atomic E-state index is 0.0528. The molecule has 3 aliphatic rings. The van der Waals surface area contributed by atoms with Gasteiger partial charge in [0, 0.05) is 56.9 Å². The van der Waals surface area contributed by atoms with Crippen molar-refractivity contribution in [2.24, 2.45) is 0 Å². The molecule has 2 saturated heterocycles. The number of hydrogen-bond donors (Lipinski definition) is 0. The molecule has 0 N–H and O–H groups in total. The highest BCUT2D eigenvalue weighted by Crippen LogP contribution is 2.33. The smallest absolute Gasteiger partial charge is 0.253 e. The SMILES string of the molecule is O=C(c1ccc(N2CCCC2=O)cc1)N1CCN(Cc2ccc3c(c2)OCO3)CC1. The summed E-state index contributed by atoms with van der Waals surface area (Å²) >= 11 is 0. The largest absolute Gasteiger partial charge is 0.454 e. The van der Waals surface area contributed by atoms with Gasteiger partial charge >= 0.3 is 0 Å². The summed E-state index contributed by atoms with van der Waals surface area (Å²) in [5, 5.41) is 0. The molecule has 0 saturated carbocycles. The van der Waals surface area contributed by atoms with Crippen LogP contribution in [0.4, 0.5) is 5.69 Å². The van der Waals surface area contributed by atoms with Gasteiger partial charge in [0.05, 0.1) is 0 Å². The number of nitrogens with zero attached hydrogens (tertiary/aromatic N) is 3. The second-order valence-electron chi connectivity index (χ2n) is 7.95. The van der Waals surface area contributed by atoms with Crippen LogP contribution in [0.5, 0.6) is 11.5 Å². The minimum absolute atomic E-state index is 0.0528. The lowest BCUT2D eigenvalue weighted by Crippen LogP contribution is -2.48. The monoisotopic (exact) mass is 407 g/mol. The van der Waals surface area contributed by atoms with Gasteiger partial charge in [0.15, 0.2) is 11.5 Å². The van der Waals surface area contributed by atoms with E-state index in [1.807, 2.05) is 41.3 Å². The lowest BCUT2D eigenvalue weighted by Gasteiger charge is -2.35. The first-order valence-electron chi connectivity index (χ1n) is 10.5. The average molecular weight is 407 g/mol. The maximum Gasteiger partial charge on any atom is 0.253 e. The Bertz CT molecular complexity index is 951. The summed E-state index contributed by atoms with van der Waals surface area (Å²) in [6.45, 7) is 4.95. The molecule has 0 radical (unpaired) electrons. The number of ether oxygens (including phenoxy) is 2. The lowest BCUT2D eigenvalue weighted by molar-refractivity contribution is -0.117. The van der Waals surface area contributed by atoms with Gasteiger partial charge in [0.2, 0.25) is 12.7 Å². The van der Waals surface area contributed by atoms with Crippen LogP contribution in [0.2, 0.25) is 0 Å². The fourth-order valence-corrected chi connectivity index (χ4v) is 4.29. The van der Waals surface area contributed by atoms with Crippen LogP contribution >= 0.6 is 0 Å². The van der Waals surface area contributed by atoms with E-state index >= 15 is 0 Å². The van der Waals surface area contributed by atoms with Crippen LogP contribution < -0.4 is 14.4 Å². The highest BCUT2D eigenvalue weighted by Gasteiger charge is 2.24. The zero-order chi connectivity index (χ0) is 20.5. The van der Waals surface area contributed by atoms with E-state index in [4.69, 9.17) is 9.47 Å². The maximum atomic E-state index is 12.9. The van der Waals surface area contributed by atoms with Crippen molar-refractivity contribution in [3.05, 3.63) is 53.6 Å². The number of amides is 2. The summed E-state index contributed by atoms with van der Waals surface area (Å²) in [7, 11) is 0. The number of carbonyl (C=O) groups excluding carboxylic acids is 2. The highest BCUT2D eigenvalue weighted by molar-refractivity contribution is 5.97. The standard InChI is InChI=1S/C23H25N3O4/c27-22-2-1-9-26(22)19-6-4-18(5-7-19)23(28)25-12-10-24(11-13-25)15-17-3-8-20-21(14-17)30-16-29-20/h3-8,14H,1-2,9-13,15-16H2. The highest BCUT2D eigenvalue weighted by atomic mass is 16.7. The topological polar surface area (TPSA) is 62.3 Å². The van der Waals surface area contributed by atoms with Crippen molar-refractivity contribution in [1.29, 1.82) is 0 Å². The second-order valence-corrected chi connectivity index (χ2v) is 7.95. The molecule has 3 heterocycles. The second kappa shape index (κ2) is 7.99. The molecular weight excluding hydrogens is 382 g/mol. The number of fused-ring (bicyclic) bond motifs is 1. The maximum absolute atomic E-state index is 12.9. The molecule has 2 aromatic carbocycles.